The number of hydrogen-bond donors (Lipinski definition) is 0. The fourth-order valence-electron chi connectivity index (χ4n) is 2.08. The molecule has 0 aliphatic heterocycles. The van der Waals surface area contributed by atoms with Gasteiger partial charge in [-0.3, -0.25) is 9.78 Å². The minimum Gasteiger partial charge on any atom is -0.479 e. The molecule has 0 aliphatic carbocycles. The zero-order valence-electron chi connectivity index (χ0n) is 13.0. The Labute approximate surface area is 146 Å². The Balaban J connectivity index is 1.90. The Morgan fingerprint density at radius 3 is 2.61 bits per heavy atom. The number of benzene rings is 1. The van der Waals surface area contributed by atoms with E-state index < -0.39 is 6.10 Å². The van der Waals surface area contributed by atoms with Crippen LogP contribution in [0.2, 0.25) is 10.0 Å². The number of carbonyl (C=O) groups is 1. The first kappa shape index (κ1) is 17.6. The Hall–Kier alpha value is -1.78. The van der Waals surface area contributed by atoms with Crippen molar-refractivity contribution in [2.45, 2.75) is 19.4 Å². The van der Waals surface area contributed by atoms with Gasteiger partial charge >= 0.3 is 0 Å². The van der Waals surface area contributed by atoms with Crippen LogP contribution >= 0.6 is 23.2 Å². The third kappa shape index (κ3) is 5.12. The summed E-state index contributed by atoms with van der Waals surface area (Å²) in [6.45, 7) is 2.31. The minimum atomic E-state index is -0.629. The molecule has 0 aliphatic rings. The molecule has 0 N–H and O–H groups in total. The van der Waals surface area contributed by atoms with Crippen molar-refractivity contribution in [2.75, 3.05) is 13.6 Å². The van der Waals surface area contributed by atoms with Crippen molar-refractivity contribution in [1.82, 2.24) is 9.88 Å². The van der Waals surface area contributed by atoms with Crippen molar-refractivity contribution < 1.29 is 9.53 Å². The topological polar surface area (TPSA) is 42.4 Å². The Morgan fingerprint density at radius 1 is 1.26 bits per heavy atom. The van der Waals surface area contributed by atoms with E-state index in [0.717, 1.165) is 12.0 Å². The molecule has 0 radical (unpaired) electrons. The van der Waals surface area contributed by atoms with E-state index in [9.17, 15) is 4.79 Å². The van der Waals surface area contributed by atoms with E-state index in [-0.39, 0.29) is 5.91 Å². The number of pyridine rings is 1. The number of ether oxygens (including phenoxy) is 1. The first-order valence-electron chi connectivity index (χ1n) is 7.23. The summed E-state index contributed by atoms with van der Waals surface area (Å²) in [7, 11) is 1.76. The molecule has 1 amide bonds. The third-order valence-electron chi connectivity index (χ3n) is 3.41. The quantitative estimate of drug-likeness (QED) is 0.792. The molecule has 0 saturated heterocycles. The van der Waals surface area contributed by atoms with Gasteiger partial charge in [0.05, 0.1) is 5.02 Å². The van der Waals surface area contributed by atoms with Crippen molar-refractivity contribution >= 4 is 29.1 Å². The zero-order valence-corrected chi connectivity index (χ0v) is 14.5. The molecule has 2 aromatic rings. The highest BCUT2D eigenvalue weighted by molar-refractivity contribution is 6.35. The summed E-state index contributed by atoms with van der Waals surface area (Å²) in [5.41, 5.74) is 1.13. The Morgan fingerprint density at radius 2 is 1.96 bits per heavy atom. The van der Waals surface area contributed by atoms with Crippen LogP contribution in [0.4, 0.5) is 0 Å². The van der Waals surface area contributed by atoms with Crippen LogP contribution in [0.25, 0.3) is 0 Å². The van der Waals surface area contributed by atoms with Crippen LogP contribution in [0, 0.1) is 0 Å². The Bertz CT molecular complexity index is 665. The van der Waals surface area contributed by atoms with E-state index >= 15 is 0 Å². The lowest BCUT2D eigenvalue weighted by Gasteiger charge is -2.22. The van der Waals surface area contributed by atoms with Crippen LogP contribution in [-0.4, -0.2) is 35.5 Å². The van der Waals surface area contributed by atoms with Crippen LogP contribution in [0.5, 0.6) is 5.75 Å². The molecule has 1 unspecified atom stereocenters. The van der Waals surface area contributed by atoms with E-state index in [2.05, 4.69) is 4.98 Å². The lowest BCUT2D eigenvalue weighted by molar-refractivity contribution is -0.136. The zero-order chi connectivity index (χ0) is 16.8. The summed E-state index contributed by atoms with van der Waals surface area (Å²) in [5, 5.41) is 0.910. The van der Waals surface area contributed by atoms with Crippen LogP contribution in [0.15, 0.2) is 42.7 Å². The number of nitrogens with zero attached hydrogens (tertiary/aromatic N) is 2. The molecule has 1 aromatic carbocycles. The fraction of sp³-hybridized carbons (Fsp3) is 0.294. The van der Waals surface area contributed by atoms with Gasteiger partial charge in [0.2, 0.25) is 0 Å². The highest BCUT2D eigenvalue weighted by atomic mass is 35.5. The highest BCUT2D eigenvalue weighted by Gasteiger charge is 2.20. The average Bonchev–Trinajstić information content (AvgIpc) is 2.55. The van der Waals surface area contributed by atoms with E-state index in [1.165, 1.54) is 0 Å². The van der Waals surface area contributed by atoms with Crippen molar-refractivity contribution in [2.24, 2.45) is 0 Å². The molecule has 0 fully saturated rings. The van der Waals surface area contributed by atoms with Crippen molar-refractivity contribution in [3.63, 3.8) is 0 Å². The second kappa shape index (κ2) is 8.18. The molecule has 6 heteroatoms. The second-order valence-corrected chi connectivity index (χ2v) is 6.04. The number of aromatic nitrogens is 1. The van der Waals surface area contributed by atoms with E-state index in [1.807, 2.05) is 12.1 Å². The molecular formula is C17H18Cl2N2O2. The van der Waals surface area contributed by atoms with Gasteiger partial charge in [0, 0.05) is 31.0 Å². The number of hydrogen-bond acceptors (Lipinski definition) is 3. The summed E-state index contributed by atoms with van der Waals surface area (Å²) < 4.78 is 5.64. The summed E-state index contributed by atoms with van der Waals surface area (Å²) in [6, 6.07) is 8.79. The lowest BCUT2D eigenvalue weighted by Crippen LogP contribution is -2.39. The monoisotopic (exact) mass is 352 g/mol. The van der Waals surface area contributed by atoms with Crippen molar-refractivity contribution in [1.29, 1.82) is 0 Å². The lowest BCUT2D eigenvalue weighted by atomic mass is 10.2. The van der Waals surface area contributed by atoms with Crippen LogP contribution in [-0.2, 0) is 11.2 Å². The molecule has 0 bridgehead atoms. The smallest absolute Gasteiger partial charge is 0.263 e. The van der Waals surface area contributed by atoms with Crippen molar-refractivity contribution in [3.05, 3.63) is 58.3 Å². The second-order valence-electron chi connectivity index (χ2n) is 5.20. The maximum atomic E-state index is 12.4. The van der Waals surface area contributed by atoms with Gasteiger partial charge < -0.3 is 9.64 Å². The molecular weight excluding hydrogens is 335 g/mol. The van der Waals surface area contributed by atoms with Gasteiger partial charge in [-0.05, 0) is 49.2 Å². The van der Waals surface area contributed by atoms with Gasteiger partial charge in [-0.25, -0.2) is 0 Å². The van der Waals surface area contributed by atoms with Gasteiger partial charge in [-0.2, -0.15) is 0 Å². The number of halogens is 2. The number of likely N-dealkylation sites (N-methyl/N-ethyl adjacent to an activating group) is 1. The van der Waals surface area contributed by atoms with Gasteiger partial charge in [0.1, 0.15) is 5.75 Å². The largest absolute Gasteiger partial charge is 0.479 e. The molecule has 4 nitrogen and oxygen atoms in total. The molecule has 122 valence electrons. The van der Waals surface area contributed by atoms with Gasteiger partial charge in [-0.1, -0.05) is 23.2 Å². The van der Waals surface area contributed by atoms with E-state index in [0.29, 0.717) is 22.3 Å². The number of amides is 1. The number of carbonyl (C=O) groups excluding carboxylic acids is 1. The first-order valence-corrected chi connectivity index (χ1v) is 7.98. The molecule has 1 heterocycles. The van der Waals surface area contributed by atoms with Gasteiger partial charge in [-0.15, -0.1) is 0 Å². The first-order chi connectivity index (χ1) is 11.0. The van der Waals surface area contributed by atoms with E-state index in [4.69, 9.17) is 27.9 Å². The molecule has 0 saturated carbocycles. The number of rotatable bonds is 6. The summed E-state index contributed by atoms with van der Waals surface area (Å²) >= 11 is 11.9. The van der Waals surface area contributed by atoms with E-state index in [1.54, 1.807) is 49.5 Å². The van der Waals surface area contributed by atoms with Gasteiger partial charge in [0.25, 0.3) is 5.91 Å². The van der Waals surface area contributed by atoms with Crippen LogP contribution < -0.4 is 4.74 Å². The normalized spacial score (nSPS) is 11.8. The maximum absolute atomic E-state index is 12.4. The highest BCUT2D eigenvalue weighted by Crippen LogP contribution is 2.28. The molecule has 2 rings (SSSR count). The molecule has 0 spiro atoms. The summed E-state index contributed by atoms with van der Waals surface area (Å²) in [5.74, 6) is 0.338. The van der Waals surface area contributed by atoms with Gasteiger partial charge in [0.15, 0.2) is 6.10 Å². The Kier molecular flexibility index (Phi) is 6.25. The fourth-order valence-corrected chi connectivity index (χ4v) is 2.53. The summed E-state index contributed by atoms with van der Waals surface area (Å²) in [4.78, 5) is 18.0. The molecule has 23 heavy (non-hydrogen) atoms. The summed E-state index contributed by atoms with van der Waals surface area (Å²) in [6.07, 6.45) is 3.62. The predicted octanol–water partition coefficient (Wildman–Crippen LogP) is 3.86. The average molecular weight is 353 g/mol. The van der Waals surface area contributed by atoms with Crippen LogP contribution in [0.3, 0.4) is 0 Å². The molecule has 1 atom stereocenters. The predicted molar refractivity (Wildman–Crippen MR) is 92.1 cm³/mol. The SMILES string of the molecule is CC(Oc1ccc(Cl)cc1Cl)C(=O)N(C)CCc1ccncc1. The van der Waals surface area contributed by atoms with Crippen LogP contribution in [0.1, 0.15) is 12.5 Å². The van der Waals surface area contributed by atoms with Crippen molar-refractivity contribution in [3.8, 4) is 5.75 Å². The standard InChI is InChI=1S/C17H18Cl2N2O2/c1-12(23-16-4-3-14(18)11-15(16)19)17(22)21(2)10-7-13-5-8-20-9-6-13/h3-6,8-9,11-12H,7,10H2,1-2H3. The minimum absolute atomic E-state index is 0.106. The maximum Gasteiger partial charge on any atom is 0.263 e. The molecule has 1 aromatic heterocycles. The third-order valence-corrected chi connectivity index (χ3v) is 3.94.